The molecule has 0 spiro atoms. The highest BCUT2D eigenvalue weighted by atomic mass is 79.9. The number of nitrogens with zero attached hydrogens (tertiary/aromatic N) is 3. The van der Waals surface area contributed by atoms with Gasteiger partial charge in [-0.2, -0.15) is 5.10 Å². The molecule has 0 aliphatic heterocycles. The number of halogens is 1. The minimum absolute atomic E-state index is 0.749. The number of hydrogen-bond donors (Lipinski definition) is 1. The highest BCUT2D eigenvalue weighted by Gasteiger charge is 2.05. The van der Waals surface area contributed by atoms with E-state index < -0.39 is 0 Å². The molecular formula is C16H15BrN4. The van der Waals surface area contributed by atoms with Gasteiger partial charge in [-0.25, -0.2) is 9.67 Å². The number of hydrogen-bond acceptors (Lipinski definition) is 3. The molecule has 2 aromatic heterocycles. The van der Waals surface area contributed by atoms with Crippen molar-refractivity contribution >= 4 is 15.9 Å². The van der Waals surface area contributed by atoms with Crippen molar-refractivity contribution in [2.24, 2.45) is 0 Å². The van der Waals surface area contributed by atoms with Gasteiger partial charge in [-0.15, -0.1) is 0 Å². The average molecular weight is 343 g/mol. The van der Waals surface area contributed by atoms with Gasteiger partial charge in [0, 0.05) is 41.7 Å². The van der Waals surface area contributed by atoms with Gasteiger partial charge in [0.25, 0.3) is 0 Å². The van der Waals surface area contributed by atoms with Crippen molar-refractivity contribution in [1.29, 1.82) is 0 Å². The smallest absolute Gasteiger partial charge is 0.157 e. The third kappa shape index (κ3) is 3.56. The van der Waals surface area contributed by atoms with Crippen LogP contribution in [0.5, 0.6) is 0 Å². The zero-order valence-electron chi connectivity index (χ0n) is 11.4. The Labute approximate surface area is 132 Å². The van der Waals surface area contributed by atoms with Crippen LogP contribution in [0.2, 0.25) is 0 Å². The molecule has 0 atom stereocenters. The molecule has 0 aliphatic rings. The van der Waals surface area contributed by atoms with E-state index in [1.165, 1.54) is 5.56 Å². The number of rotatable bonds is 5. The lowest BCUT2D eigenvalue weighted by atomic mass is 10.2. The van der Waals surface area contributed by atoms with Crippen LogP contribution in [0.1, 0.15) is 11.1 Å². The van der Waals surface area contributed by atoms with Crippen LogP contribution in [0, 0.1) is 0 Å². The topological polar surface area (TPSA) is 42.7 Å². The molecule has 0 bridgehead atoms. The lowest BCUT2D eigenvalue weighted by molar-refractivity contribution is 0.681. The van der Waals surface area contributed by atoms with E-state index in [1.807, 2.05) is 18.3 Å². The Morgan fingerprint density at radius 1 is 1.00 bits per heavy atom. The van der Waals surface area contributed by atoms with Gasteiger partial charge >= 0.3 is 0 Å². The van der Waals surface area contributed by atoms with Crippen LogP contribution in [0.3, 0.4) is 0 Å². The van der Waals surface area contributed by atoms with Crippen molar-refractivity contribution < 1.29 is 0 Å². The first-order valence-corrected chi connectivity index (χ1v) is 7.51. The van der Waals surface area contributed by atoms with E-state index >= 15 is 0 Å². The Morgan fingerprint density at radius 2 is 1.86 bits per heavy atom. The highest BCUT2D eigenvalue weighted by Crippen LogP contribution is 2.12. The van der Waals surface area contributed by atoms with E-state index in [0.29, 0.717) is 0 Å². The molecular weight excluding hydrogens is 328 g/mol. The second-order valence-electron chi connectivity index (χ2n) is 4.67. The zero-order chi connectivity index (χ0) is 14.5. The minimum Gasteiger partial charge on any atom is -0.308 e. The molecule has 0 radical (unpaired) electrons. The van der Waals surface area contributed by atoms with Crippen molar-refractivity contribution in [3.05, 3.63) is 76.7 Å². The Kier molecular flexibility index (Phi) is 4.43. The predicted octanol–water partition coefficient (Wildman–Crippen LogP) is 3.32. The molecule has 1 aromatic carbocycles. The Balaban J connectivity index is 1.67. The van der Waals surface area contributed by atoms with Gasteiger partial charge in [0.15, 0.2) is 5.82 Å². The molecule has 21 heavy (non-hydrogen) atoms. The SMILES string of the molecule is Brc1ccc(CNCc2cccnc2-n2cccn2)cc1. The van der Waals surface area contributed by atoms with Crippen molar-refractivity contribution in [2.75, 3.05) is 0 Å². The summed E-state index contributed by atoms with van der Waals surface area (Å²) in [5.41, 5.74) is 2.38. The lowest BCUT2D eigenvalue weighted by Crippen LogP contribution is -2.15. The van der Waals surface area contributed by atoms with E-state index in [-0.39, 0.29) is 0 Å². The van der Waals surface area contributed by atoms with Gasteiger partial charge in [0.2, 0.25) is 0 Å². The monoisotopic (exact) mass is 342 g/mol. The summed E-state index contributed by atoms with van der Waals surface area (Å²) in [6.07, 6.45) is 5.45. The van der Waals surface area contributed by atoms with Gasteiger partial charge in [0.1, 0.15) is 0 Å². The maximum absolute atomic E-state index is 4.41. The van der Waals surface area contributed by atoms with Crippen LogP contribution in [-0.2, 0) is 13.1 Å². The molecule has 0 unspecified atom stereocenters. The van der Waals surface area contributed by atoms with Crippen LogP contribution in [0.4, 0.5) is 0 Å². The largest absolute Gasteiger partial charge is 0.308 e. The predicted molar refractivity (Wildman–Crippen MR) is 86.0 cm³/mol. The second kappa shape index (κ2) is 6.65. The third-order valence-electron chi connectivity index (χ3n) is 3.15. The third-order valence-corrected chi connectivity index (χ3v) is 3.68. The fourth-order valence-electron chi connectivity index (χ4n) is 2.11. The number of aromatic nitrogens is 3. The average Bonchev–Trinajstić information content (AvgIpc) is 3.04. The van der Waals surface area contributed by atoms with Gasteiger partial charge in [0.05, 0.1) is 0 Å². The summed E-state index contributed by atoms with van der Waals surface area (Å²) in [6.45, 7) is 1.57. The van der Waals surface area contributed by atoms with E-state index in [0.717, 1.165) is 28.9 Å². The van der Waals surface area contributed by atoms with Crippen molar-refractivity contribution in [1.82, 2.24) is 20.1 Å². The molecule has 0 aliphatic carbocycles. The fourth-order valence-corrected chi connectivity index (χ4v) is 2.38. The van der Waals surface area contributed by atoms with Crippen LogP contribution in [0.25, 0.3) is 5.82 Å². The zero-order valence-corrected chi connectivity index (χ0v) is 13.0. The fraction of sp³-hybridized carbons (Fsp3) is 0.125. The first-order valence-electron chi connectivity index (χ1n) is 6.72. The molecule has 3 rings (SSSR count). The molecule has 0 fully saturated rings. The number of benzene rings is 1. The summed E-state index contributed by atoms with van der Waals surface area (Å²) in [5, 5.41) is 7.69. The maximum Gasteiger partial charge on any atom is 0.157 e. The van der Waals surface area contributed by atoms with Gasteiger partial charge in [-0.05, 0) is 29.8 Å². The molecule has 5 heteroatoms. The maximum atomic E-state index is 4.41. The molecule has 0 saturated carbocycles. The number of pyridine rings is 1. The second-order valence-corrected chi connectivity index (χ2v) is 5.58. The first-order chi connectivity index (χ1) is 10.3. The first kappa shape index (κ1) is 14.0. The standard InChI is InChI=1S/C16H15BrN4/c17-15-6-4-13(5-7-15)11-18-12-14-3-1-8-19-16(14)21-10-2-9-20-21/h1-10,18H,11-12H2. The molecule has 0 amide bonds. The van der Waals surface area contributed by atoms with Gasteiger partial charge in [-0.1, -0.05) is 34.1 Å². The Morgan fingerprint density at radius 3 is 2.62 bits per heavy atom. The van der Waals surface area contributed by atoms with E-state index in [2.05, 4.69) is 61.7 Å². The molecule has 1 N–H and O–H groups in total. The summed E-state index contributed by atoms with van der Waals surface area (Å²) >= 11 is 3.44. The Hall–Kier alpha value is -1.98. The molecule has 0 saturated heterocycles. The summed E-state index contributed by atoms with van der Waals surface area (Å²) < 4.78 is 2.89. The summed E-state index contributed by atoms with van der Waals surface area (Å²) in [6, 6.07) is 14.2. The minimum atomic E-state index is 0.749. The summed E-state index contributed by atoms with van der Waals surface area (Å²) in [5.74, 6) is 0.866. The van der Waals surface area contributed by atoms with Crippen LogP contribution < -0.4 is 5.32 Å². The van der Waals surface area contributed by atoms with Gasteiger partial charge in [-0.3, -0.25) is 0 Å². The van der Waals surface area contributed by atoms with Crippen molar-refractivity contribution in [3.8, 4) is 5.82 Å². The quantitative estimate of drug-likeness (QED) is 0.773. The lowest BCUT2D eigenvalue weighted by Gasteiger charge is -2.09. The Bertz CT molecular complexity index is 693. The normalized spacial score (nSPS) is 10.7. The molecule has 106 valence electrons. The molecule has 3 aromatic rings. The van der Waals surface area contributed by atoms with Crippen LogP contribution in [0.15, 0.2) is 65.5 Å². The molecule has 2 heterocycles. The summed E-state index contributed by atoms with van der Waals surface area (Å²) in [7, 11) is 0. The molecule has 4 nitrogen and oxygen atoms in total. The van der Waals surface area contributed by atoms with Crippen molar-refractivity contribution in [2.45, 2.75) is 13.1 Å². The van der Waals surface area contributed by atoms with E-state index in [1.54, 1.807) is 17.1 Å². The van der Waals surface area contributed by atoms with Gasteiger partial charge < -0.3 is 5.32 Å². The number of nitrogens with one attached hydrogen (secondary N) is 1. The highest BCUT2D eigenvalue weighted by molar-refractivity contribution is 9.10. The van der Waals surface area contributed by atoms with E-state index in [4.69, 9.17) is 0 Å². The summed E-state index contributed by atoms with van der Waals surface area (Å²) in [4.78, 5) is 4.41. The van der Waals surface area contributed by atoms with Crippen LogP contribution in [-0.4, -0.2) is 14.8 Å². The van der Waals surface area contributed by atoms with Crippen LogP contribution >= 0.6 is 15.9 Å². The van der Waals surface area contributed by atoms with Crippen molar-refractivity contribution in [3.63, 3.8) is 0 Å². The van der Waals surface area contributed by atoms with E-state index in [9.17, 15) is 0 Å².